The monoisotopic (exact) mass is 170 g/mol. The minimum Gasteiger partial charge on any atom is -0.337 e. The molecule has 2 N–H and O–H groups in total. The highest BCUT2D eigenvalue weighted by Crippen LogP contribution is 2.20. The Morgan fingerprint density at radius 1 is 1.50 bits per heavy atom. The first-order chi connectivity index (χ1) is 5.43. The van der Waals surface area contributed by atoms with E-state index in [2.05, 4.69) is 0 Å². The first-order valence-corrected chi connectivity index (χ1v) is 4.50. The zero-order chi connectivity index (χ0) is 9.35. The molecule has 0 radical (unpaired) electrons. The Kier molecular flexibility index (Phi) is 2.42. The van der Waals surface area contributed by atoms with Gasteiger partial charge in [-0.15, -0.1) is 0 Å². The Bertz CT molecular complexity index is 183. The Hall–Kier alpha value is -0.570. The van der Waals surface area contributed by atoms with Crippen LogP contribution in [0.5, 0.6) is 0 Å². The van der Waals surface area contributed by atoms with Gasteiger partial charge in [0.2, 0.25) is 5.91 Å². The normalized spacial score (nSPS) is 26.2. The van der Waals surface area contributed by atoms with E-state index in [4.69, 9.17) is 5.73 Å². The van der Waals surface area contributed by atoms with Gasteiger partial charge in [-0.1, -0.05) is 0 Å². The molecule has 12 heavy (non-hydrogen) atoms. The molecule has 1 heterocycles. The molecule has 0 aromatic rings. The van der Waals surface area contributed by atoms with Crippen molar-refractivity contribution in [3.63, 3.8) is 0 Å². The molecule has 1 fully saturated rings. The van der Waals surface area contributed by atoms with Crippen molar-refractivity contribution in [1.82, 2.24) is 4.90 Å². The molecule has 70 valence electrons. The number of nitrogens with two attached hydrogens (primary N) is 1. The minimum atomic E-state index is -0.266. The highest BCUT2D eigenvalue weighted by molar-refractivity contribution is 5.82. The van der Waals surface area contributed by atoms with E-state index in [1.165, 1.54) is 0 Å². The van der Waals surface area contributed by atoms with Crippen LogP contribution in [0.1, 0.15) is 33.6 Å². The van der Waals surface area contributed by atoms with Crippen LogP contribution in [0.3, 0.4) is 0 Å². The second-order valence-corrected chi connectivity index (χ2v) is 4.41. The summed E-state index contributed by atoms with van der Waals surface area (Å²) in [6, 6.07) is -0.266. The van der Waals surface area contributed by atoms with Crippen LogP contribution < -0.4 is 5.73 Å². The average Bonchev–Trinajstić information content (AvgIpc) is 1.92. The molecule has 1 saturated heterocycles. The molecule has 1 aliphatic rings. The molecule has 0 bridgehead atoms. The van der Waals surface area contributed by atoms with Gasteiger partial charge in [-0.2, -0.15) is 0 Å². The second-order valence-electron chi connectivity index (χ2n) is 4.41. The van der Waals surface area contributed by atoms with E-state index in [1.54, 1.807) is 0 Å². The van der Waals surface area contributed by atoms with E-state index >= 15 is 0 Å². The van der Waals surface area contributed by atoms with Crippen LogP contribution >= 0.6 is 0 Å². The molecular weight excluding hydrogens is 152 g/mol. The van der Waals surface area contributed by atoms with Crippen molar-refractivity contribution in [3.8, 4) is 0 Å². The van der Waals surface area contributed by atoms with Crippen LogP contribution in [0.25, 0.3) is 0 Å². The number of hydrogen-bond donors (Lipinski definition) is 1. The lowest BCUT2D eigenvalue weighted by Crippen LogP contribution is -2.55. The van der Waals surface area contributed by atoms with E-state index in [1.807, 2.05) is 25.7 Å². The van der Waals surface area contributed by atoms with Crippen LogP contribution in [-0.4, -0.2) is 28.9 Å². The quantitative estimate of drug-likeness (QED) is 0.582. The third kappa shape index (κ3) is 1.78. The summed E-state index contributed by atoms with van der Waals surface area (Å²) in [4.78, 5) is 13.4. The average molecular weight is 170 g/mol. The lowest BCUT2D eigenvalue weighted by atomic mass is 9.98. The fraction of sp³-hybridized carbons (Fsp3) is 0.889. The topological polar surface area (TPSA) is 46.3 Å². The van der Waals surface area contributed by atoms with E-state index in [0.717, 1.165) is 19.4 Å². The molecule has 1 rings (SSSR count). The van der Waals surface area contributed by atoms with Gasteiger partial charge in [0.25, 0.3) is 0 Å². The fourth-order valence-electron chi connectivity index (χ4n) is 1.57. The van der Waals surface area contributed by atoms with Gasteiger partial charge in [-0.25, -0.2) is 0 Å². The van der Waals surface area contributed by atoms with Crippen LogP contribution in [0, 0.1) is 0 Å². The highest BCUT2D eigenvalue weighted by Gasteiger charge is 2.32. The van der Waals surface area contributed by atoms with E-state index in [9.17, 15) is 4.79 Å². The summed E-state index contributed by atoms with van der Waals surface area (Å²) in [5, 5.41) is 0. The van der Waals surface area contributed by atoms with Crippen LogP contribution in [-0.2, 0) is 4.79 Å². The van der Waals surface area contributed by atoms with E-state index in [-0.39, 0.29) is 17.5 Å². The van der Waals surface area contributed by atoms with E-state index in [0.29, 0.717) is 0 Å². The van der Waals surface area contributed by atoms with Crippen molar-refractivity contribution in [2.45, 2.75) is 45.2 Å². The van der Waals surface area contributed by atoms with Gasteiger partial charge in [-0.3, -0.25) is 4.79 Å². The third-order valence-corrected chi connectivity index (χ3v) is 2.29. The van der Waals surface area contributed by atoms with Gasteiger partial charge >= 0.3 is 0 Å². The lowest BCUT2D eigenvalue weighted by molar-refractivity contribution is -0.140. The molecule has 0 aromatic carbocycles. The number of piperidine rings is 1. The van der Waals surface area contributed by atoms with Gasteiger partial charge < -0.3 is 10.6 Å². The summed E-state index contributed by atoms with van der Waals surface area (Å²) >= 11 is 0. The molecule has 0 aliphatic carbocycles. The van der Waals surface area contributed by atoms with E-state index < -0.39 is 0 Å². The number of amides is 1. The maximum Gasteiger partial charge on any atom is 0.239 e. The minimum absolute atomic E-state index is 0.0743. The highest BCUT2D eigenvalue weighted by atomic mass is 16.2. The number of hydrogen-bond acceptors (Lipinski definition) is 2. The maximum absolute atomic E-state index is 11.6. The van der Waals surface area contributed by atoms with Gasteiger partial charge in [0, 0.05) is 12.1 Å². The number of carbonyl (C=O) groups excluding carboxylic acids is 1. The first kappa shape index (κ1) is 9.52. The summed E-state index contributed by atoms with van der Waals surface area (Å²) < 4.78 is 0. The molecular formula is C9H18N2O. The SMILES string of the molecule is CC(C)(C)N1CCCC(N)C1=O. The molecule has 3 heteroatoms. The van der Waals surface area contributed by atoms with Crippen LogP contribution in [0.4, 0.5) is 0 Å². The molecule has 1 unspecified atom stereocenters. The molecule has 0 spiro atoms. The van der Waals surface area contributed by atoms with Crippen molar-refractivity contribution < 1.29 is 4.79 Å². The molecule has 0 aromatic heterocycles. The predicted molar refractivity (Wildman–Crippen MR) is 48.7 cm³/mol. The summed E-state index contributed by atoms with van der Waals surface area (Å²) in [6.45, 7) is 6.99. The molecule has 1 amide bonds. The van der Waals surface area contributed by atoms with Gasteiger partial charge in [-0.05, 0) is 33.6 Å². The molecule has 3 nitrogen and oxygen atoms in total. The zero-order valence-electron chi connectivity index (χ0n) is 8.13. The summed E-state index contributed by atoms with van der Waals surface area (Å²) in [7, 11) is 0. The summed E-state index contributed by atoms with van der Waals surface area (Å²) in [5.74, 6) is 0.105. The molecule has 1 aliphatic heterocycles. The Morgan fingerprint density at radius 2 is 2.08 bits per heavy atom. The number of nitrogens with zero attached hydrogens (tertiary/aromatic N) is 1. The van der Waals surface area contributed by atoms with Crippen molar-refractivity contribution in [3.05, 3.63) is 0 Å². The van der Waals surface area contributed by atoms with Gasteiger partial charge in [0.1, 0.15) is 0 Å². The predicted octanol–water partition coefficient (Wildman–Crippen LogP) is 0.735. The van der Waals surface area contributed by atoms with Crippen molar-refractivity contribution in [2.75, 3.05) is 6.54 Å². The number of likely N-dealkylation sites (tertiary alicyclic amines) is 1. The van der Waals surface area contributed by atoms with Gasteiger partial charge in [0.15, 0.2) is 0 Å². The van der Waals surface area contributed by atoms with Gasteiger partial charge in [0.05, 0.1) is 6.04 Å². The van der Waals surface area contributed by atoms with Crippen molar-refractivity contribution >= 4 is 5.91 Å². The zero-order valence-corrected chi connectivity index (χ0v) is 8.13. The Labute approximate surface area is 73.9 Å². The number of rotatable bonds is 0. The Balaban J connectivity index is 2.71. The third-order valence-electron chi connectivity index (χ3n) is 2.29. The largest absolute Gasteiger partial charge is 0.337 e. The Morgan fingerprint density at radius 3 is 2.50 bits per heavy atom. The number of carbonyl (C=O) groups is 1. The van der Waals surface area contributed by atoms with Crippen molar-refractivity contribution in [1.29, 1.82) is 0 Å². The second kappa shape index (κ2) is 3.05. The molecule has 0 saturated carbocycles. The van der Waals surface area contributed by atoms with Crippen molar-refractivity contribution in [2.24, 2.45) is 5.73 Å². The maximum atomic E-state index is 11.6. The summed E-state index contributed by atoms with van der Waals surface area (Å²) in [6.07, 6.45) is 1.87. The smallest absolute Gasteiger partial charge is 0.239 e. The van der Waals surface area contributed by atoms with Crippen LogP contribution in [0.2, 0.25) is 0 Å². The summed E-state index contributed by atoms with van der Waals surface area (Å²) in [5.41, 5.74) is 5.60. The first-order valence-electron chi connectivity index (χ1n) is 4.50. The van der Waals surface area contributed by atoms with Crippen LogP contribution in [0.15, 0.2) is 0 Å². The fourth-order valence-corrected chi connectivity index (χ4v) is 1.57. The molecule has 1 atom stereocenters. The lowest BCUT2D eigenvalue weighted by Gasteiger charge is -2.40. The standard InChI is InChI=1S/C9H18N2O/c1-9(2,3)11-6-4-5-7(10)8(11)12/h7H,4-6,10H2,1-3H3.